The maximum absolute atomic E-state index is 6.06. The monoisotopic (exact) mass is 320 g/mol. The fourth-order valence-electron chi connectivity index (χ4n) is 2.65. The third-order valence-electron chi connectivity index (χ3n) is 3.54. The molecule has 0 spiro atoms. The summed E-state index contributed by atoms with van der Waals surface area (Å²) in [5, 5.41) is 5.33. The summed E-state index contributed by atoms with van der Waals surface area (Å²) in [5.41, 5.74) is 4.28. The second-order valence-electron chi connectivity index (χ2n) is 5.17. The summed E-state index contributed by atoms with van der Waals surface area (Å²) in [6.07, 6.45) is 2.01. The van der Waals surface area contributed by atoms with E-state index < -0.39 is 0 Å². The highest BCUT2D eigenvalue weighted by Crippen LogP contribution is 2.21. The van der Waals surface area contributed by atoms with Gasteiger partial charge in [0, 0.05) is 12.1 Å². The van der Waals surface area contributed by atoms with Gasteiger partial charge in [-0.3, -0.25) is 9.25 Å². The van der Waals surface area contributed by atoms with Crippen LogP contribution in [0.2, 0.25) is 5.02 Å². The molecule has 3 aromatic rings. The minimum absolute atomic E-state index is 0.685. The van der Waals surface area contributed by atoms with Crippen LogP contribution in [0.5, 0.6) is 0 Å². The molecule has 3 rings (SSSR count). The van der Waals surface area contributed by atoms with Crippen molar-refractivity contribution in [1.82, 2.24) is 19.3 Å². The Hall–Kier alpha value is -1.59. The van der Waals surface area contributed by atoms with Crippen molar-refractivity contribution in [1.29, 1.82) is 0 Å². The molecule has 0 aliphatic carbocycles. The van der Waals surface area contributed by atoms with Crippen molar-refractivity contribution in [3.8, 4) is 0 Å². The molecule has 2 aromatic heterocycles. The SMILES string of the molecule is CCCc1nn(C)c2c1[nH]c(=S)n2Cc1cccc(Cl)c1. The minimum atomic E-state index is 0.685. The number of hydrogen-bond donors (Lipinski definition) is 1. The Kier molecular flexibility index (Phi) is 3.87. The lowest BCUT2D eigenvalue weighted by Crippen LogP contribution is -2.04. The van der Waals surface area contributed by atoms with Crippen molar-refractivity contribution >= 4 is 35.0 Å². The lowest BCUT2D eigenvalue weighted by molar-refractivity contribution is 0.703. The fourth-order valence-corrected chi connectivity index (χ4v) is 3.12. The Morgan fingerprint density at radius 3 is 2.90 bits per heavy atom. The first-order chi connectivity index (χ1) is 10.1. The van der Waals surface area contributed by atoms with Gasteiger partial charge in [-0.25, -0.2) is 0 Å². The zero-order valence-corrected chi connectivity index (χ0v) is 13.6. The highest BCUT2D eigenvalue weighted by molar-refractivity contribution is 7.71. The number of H-pyrrole nitrogens is 1. The molecule has 0 amide bonds. The first-order valence-corrected chi connectivity index (χ1v) is 7.77. The molecule has 0 atom stereocenters. The molecule has 6 heteroatoms. The minimum Gasteiger partial charge on any atom is -0.328 e. The first kappa shape index (κ1) is 14.4. The van der Waals surface area contributed by atoms with Crippen LogP contribution in [0.3, 0.4) is 0 Å². The molecule has 1 aromatic carbocycles. The molecule has 0 unspecified atom stereocenters. The van der Waals surface area contributed by atoms with E-state index in [9.17, 15) is 0 Å². The second-order valence-corrected chi connectivity index (χ2v) is 5.99. The van der Waals surface area contributed by atoms with Gasteiger partial charge >= 0.3 is 0 Å². The van der Waals surface area contributed by atoms with Crippen LogP contribution in [0.4, 0.5) is 0 Å². The summed E-state index contributed by atoms with van der Waals surface area (Å²) in [6.45, 7) is 2.84. The summed E-state index contributed by atoms with van der Waals surface area (Å²) in [7, 11) is 1.96. The third-order valence-corrected chi connectivity index (χ3v) is 4.10. The van der Waals surface area contributed by atoms with Crippen molar-refractivity contribution in [3.05, 3.63) is 45.3 Å². The maximum atomic E-state index is 6.06. The van der Waals surface area contributed by atoms with Gasteiger partial charge in [0.1, 0.15) is 5.52 Å². The van der Waals surface area contributed by atoms with Crippen molar-refractivity contribution in [2.45, 2.75) is 26.3 Å². The zero-order chi connectivity index (χ0) is 15.0. The van der Waals surface area contributed by atoms with E-state index in [1.165, 1.54) is 0 Å². The van der Waals surface area contributed by atoms with E-state index in [0.29, 0.717) is 6.54 Å². The number of nitrogens with one attached hydrogen (secondary N) is 1. The van der Waals surface area contributed by atoms with E-state index in [1.54, 1.807) is 0 Å². The second kappa shape index (κ2) is 5.66. The largest absolute Gasteiger partial charge is 0.328 e. The van der Waals surface area contributed by atoms with Crippen LogP contribution in [0.15, 0.2) is 24.3 Å². The predicted octanol–water partition coefficient (Wildman–Crippen LogP) is 4.09. The summed E-state index contributed by atoms with van der Waals surface area (Å²) in [5.74, 6) is 0. The van der Waals surface area contributed by atoms with E-state index in [-0.39, 0.29) is 0 Å². The molecule has 110 valence electrons. The molecule has 0 aliphatic heterocycles. The molecule has 1 N–H and O–H groups in total. The molecule has 0 aliphatic rings. The van der Waals surface area contributed by atoms with Gasteiger partial charge in [-0.2, -0.15) is 5.10 Å². The average Bonchev–Trinajstić information content (AvgIpc) is 2.90. The number of benzene rings is 1. The Balaban J connectivity index is 2.10. The number of hydrogen-bond acceptors (Lipinski definition) is 2. The highest BCUT2D eigenvalue weighted by Gasteiger charge is 2.14. The summed E-state index contributed by atoms with van der Waals surface area (Å²) < 4.78 is 4.69. The lowest BCUT2D eigenvalue weighted by atomic mass is 10.2. The molecule has 0 bridgehead atoms. The van der Waals surface area contributed by atoms with E-state index in [4.69, 9.17) is 23.8 Å². The fraction of sp³-hybridized carbons (Fsp3) is 0.333. The van der Waals surface area contributed by atoms with Crippen LogP contribution in [-0.4, -0.2) is 19.3 Å². The van der Waals surface area contributed by atoms with Crippen LogP contribution in [0.25, 0.3) is 11.2 Å². The van der Waals surface area contributed by atoms with Gasteiger partial charge in [0.05, 0.1) is 12.2 Å². The number of aryl methyl sites for hydroxylation is 2. The Labute approximate surface area is 133 Å². The van der Waals surface area contributed by atoms with Gasteiger partial charge in [0.15, 0.2) is 10.4 Å². The summed E-state index contributed by atoms with van der Waals surface area (Å²) in [6, 6.07) is 7.85. The molecule has 0 saturated carbocycles. The molecule has 2 heterocycles. The standard InChI is InChI=1S/C15H17ClN4S/c1-3-5-12-13-14(19(2)18-12)20(15(21)17-13)9-10-6-4-7-11(16)8-10/h4,6-8H,3,5,9H2,1-2H3,(H,17,21). The normalized spacial score (nSPS) is 11.4. The quantitative estimate of drug-likeness (QED) is 0.735. The van der Waals surface area contributed by atoms with Gasteiger partial charge in [0.25, 0.3) is 0 Å². The number of imidazole rings is 1. The van der Waals surface area contributed by atoms with Crippen LogP contribution in [0, 0.1) is 4.77 Å². The van der Waals surface area contributed by atoms with Crippen molar-refractivity contribution in [2.24, 2.45) is 7.05 Å². The molecule has 0 fully saturated rings. The molecule has 4 nitrogen and oxygen atoms in total. The van der Waals surface area contributed by atoms with Gasteiger partial charge in [0.2, 0.25) is 0 Å². The maximum Gasteiger partial charge on any atom is 0.179 e. The lowest BCUT2D eigenvalue weighted by Gasteiger charge is -2.05. The van der Waals surface area contributed by atoms with Gasteiger partial charge in [-0.15, -0.1) is 0 Å². The Morgan fingerprint density at radius 2 is 2.19 bits per heavy atom. The molecule has 21 heavy (non-hydrogen) atoms. The molecular weight excluding hydrogens is 304 g/mol. The van der Waals surface area contributed by atoms with Gasteiger partial charge in [-0.05, 0) is 36.3 Å². The highest BCUT2D eigenvalue weighted by atomic mass is 35.5. The summed E-state index contributed by atoms with van der Waals surface area (Å²) >= 11 is 11.5. The first-order valence-electron chi connectivity index (χ1n) is 6.99. The molecule has 0 saturated heterocycles. The van der Waals surface area contributed by atoms with Crippen LogP contribution < -0.4 is 0 Å². The number of aromatic nitrogens is 4. The van der Waals surface area contributed by atoms with Crippen LogP contribution in [0.1, 0.15) is 24.6 Å². The van der Waals surface area contributed by atoms with E-state index in [2.05, 4.69) is 27.6 Å². The number of fused-ring (bicyclic) bond motifs is 1. The van der Waals surface area contributed by atoms with E-state index in [1.807, 2.05) is 29.9 Å². The molecular formula is C15H17ClN4S. The van der Waals surface area contributed by atoms with Crippen molar-refractivity contribution in [3.63, 3.8) is 0 Å². The number of halogens is 1. The van der Waals surface area contributed by atoms with Crippen LogP contribution >= 0.6 is 23.8 Å². The zero-order valence-electron chi connectivity index (χ0n) is 12.1. The van der Waals surface area contributed by atoms with Crippen molar-refractivity contribution < 1.29 is 0 Å². The average molecular weight is 321 g/mol. The van der Waals surface area contributed by atoms with Crippen LogP contribution in [-0.2, 0) is 20.0 Å². The molecule has 0 radical (unpaired) electrons. The number of aromatic amines is 1. The number of rotatable bonds is 4. The van der Waals surface area contributed by atoms with E-state index >= 15 is 0 Å². The predicted molar refractivity (Wildman–Crippen MR) is 88.4 cm³/mol. The van der Waals surface area contributed by atoms with E-state index in [0.717, 1.165) is 45.1 Å². The third kappa shape index (κ3) is 2.63. The topological polar surface area (TPSA) is 38.5 Å². The Bertz CT molecular complexity index is 843. The van der Waals surface area contributed by atoms with Crippen molar-refractivity contribution in [2.75, 3.05) is 0 Å². The smallest absolute Gasteiger partial charge is 0.179 e. The Morgan fingerprint density at radius 1 is 1.38 bits per heavy atom. The van der Waals surface area contributed by atoms with Gasteiger partial charge in [-0.1, -0.05) is 37.1 Å². The summed E-state index contributed by atoms with van der Waals surface area (Å²) in [4.78, 5) is 3.30. The number of nitrogens with zero attached hydrogens (tertiary/aromatic N) is 3. The van der Waals surface area contributed by atoms with Gasteiger partial charge < -0.3 is 4.98 Å².